The van der Waals surface area contributed by atoms with E-state index in [1.54, 1.807) is 6.07 Å². The lowest BCUT2D eigenvalue weighted by atomic mass is 10.1. The standard InChI is InChI=1S/C20H26N4O/c1-14-9-10-15(2)17(11-14)24-20(25)18-12-19(22-13-21-18)23-16-7-5-3-4-6-8-16/h9-13,16H,3-8H2,1-2H3,(H,24,25)(H,21,22,23). The molecule has 2 aromatic rings. The van der Waals surface area contributed by atoms with E-state index in [9.17, 15) is 4.79 Å². The molecule has 132 valence electrons. The van der Waals surface area contributed by atoms with Crippen molar-refractivity contribution in [3.63, 3.8) is 0 Å². The quantitative estimate of drug-likeness (QED) is 0.807. The second-order valence-corrected chi connectivity index (χ2v) is 6.89. The van der Waals surface area contributed by atoms with Gasteiger partial charge in [-0.25, -0.2) is 9.97 Å². The number of rotatable bonds is 4. The number of carbonyl (C=O) groups is 1. The highest BCUT2D eigenvalue weighted by atomic mass is 16.1. The first-order valence-corrected chi connectivity index (χ1v) is 9.09. The molecule has 1 aromatic carbocycles. The Morgan fingerprint density at radius 1 is 1.04 bits per heavy atom. The highest BCUT2D eigenvalue weighted by Crippen LogP contribution is 2.21. The average molecular weight is 338 g/mol. The fourth-order valence-electron chi connectivity index (χ4n) is 3.25. The molecule has 1 fully saturated rings. The molecule has 3 rings (SSSR count). The SMILES string of the molecule is Cc1ccc(C)c(NC(=O)c2cc(NC3CCCCCC3)ncn2)c1. The Kier molecular flexibility index (Phi) is 5.64. The van der Waals surface area contributed by atoms with Crippen molar-refractivity contribution in [1.29, 1.82) is 0 Å². The molecular weight excluding hydrogens is 312 g/mol. The van der Waals surface area contributed by atoms with Crippen molar-refractivity contribution in [2.24, 2.45) is 0 Å². The summed E-state index contributed by atoms with van der Waals surface area (Å²) in [6, 6.07) is 8.19. The van der Waals surface area contributed by atoms with Crippen LogP contribution in [0.5, 0.6) is 0 Å². The lowest BCUT2D eigenvalue weighted by Gasteiger charge is -2.17. The van der Waals surface area contributed by atoms with E-state index in [1.807, 2.05) is 32.0 Å². The van der Waals surface area contributed by atoms with E-state index < -0.39 is 0 Å². The van der Waals surface area contributed by atoms with E-state index in [1.165, 1.54) is 32.0 Å². The molecule has 0 bridgehead atoms. The first-order valence-electron chi connectivity index (χ1n) is 9.09. The van der Waals surface area contributed by atoms with E-state index in [2.05, 4.69) is 20.6 Å². The fraction of sp³-hybridized carbons (Fsp3) is 0.450. The third-order valence-corrected chi connectivity index (χ3v) is 4.75. The van der Waals surface area contributed by atoms with Gasteiger partial charge in [-0.3, -0.25) is 4.79 Å². The van der Waals surface area contributed by atoms with E-state index in [0.717, 1.165) is 35.5 Å². The fourth-order valence-corrected chi connectivity index (χ4v) is 3.25. The number of benzene rings is 1. The van der Waals surface area contributed by atoms with Gasteiger partial charge in [-0.05, 0) is 43.9 Å². The highest BCUT2D eigenvalue weighted by Gasteiger charge is 2.15. The van der Waals surface area contributed by atoms with E-state index >= 15 is 0 Å². The van der Waals surface area contributed by atoms with Gasteiger partial charge in [0.1, 0.15) is 17.8 Å². The summed E-state index contributed by atoms with van der Waals surface area (Å²) in [5.74, 6) is 0.521. The molecule has 0 atom stereocenters. The first kappa shape index (κ1) is 17.4. The zero-order valence-electron chi connectivity index (χ0n) is 15.0. The minimum Gasteiger partial charge on any atom is -0.367 e. The zero-order chi connectivity index (χ0) is 17.6. The second-order valence-electron chi connectivity index (χ2n) is 6.89. The van der Waals surface area contributed by atoms with Crippen molar-refractivity contribution >= 4 is 17.4 Å². The van der Waals surface area contributed by atoms with Gasteiger partial charge in [0.15, 0.2) is 0 Å². The Morgan fingerprint density at radius 3 is 2.56 bits per heavy atom. The Morgan fingerprint density at radius 2 is 1.80 bits per heavy atom. The van der Waals surface area contributed by atoms with Crippen LogP contribution >= 0.6 is 0 Å². The highest BCUT2D eigenvalue weighted by molar-refractivity contribution is 6.03. The van der Waals surface area contributed by atoms with Gasteiger partial charge in [0.25, 0.3) is 5.91 Å². The molecule has 1 amide bonds. The zero-order valence-corrected chi connectivity index (χ0v) is 15.0. The predicted molar refractivity (Wildman–Crippen MR) is 101 cm³/mol. The van der Waals surface area contributed by atoms with Crippen LogP contribution < -0.4 is 10.6 Å². The normalized spacial score (nSPS) is 15.4. The second kappa shape index (κ2) is 8.10. The van der Waals surface area contributed by atoms with E-state index in [0.29, 0.717) is 11.7 Å². The number of amides is 1. The Labute approximate surface area is 149 Å². The molecule has 25 heavy (non-hydrogen) atoms. The molecule has 0 spiro atoms. The summed E-state index contributed by atoms with van der Waals surface area (Å²) in [4.78, 5) is 21.0. The number of anilines is 2. The monoisotopic (exact) mass is 338 g/mol. The lowest BCUT2D eigenvalue weighted by molar-refractivity contribution is 0.102. The molecule has 5 heteroatoms. The van der Waals surface area contributed by atoms with Gasteiger partial charge in [-0.1, -0.05) is 37.8 Å². The number of carbonyl (C=O) groups excluding carboxylic acids is 1. The summed E-state index contributed by atoms with van der Waals surface area (Å²) < 4.78 is 0. The summed E-state index contributed by atoms with van der Waals surface area (Å²) in [6.07, 6.45) is 8.90. The molecule has 0 aliphatic heterocycles. The number of nitrogens with zero attached hydrogens (tertiary/aromatic N) is 2. The van der Waals surface area contributed by atoms with Gasteiger partial charge in [0.05, 0.1) is 0 Å². The summed E-state index contributed by atoms with van der Waals surface area (Å²) in [5, 5.41) is 6.42. The maximum absolute atomic E-state index is 12.5. The molecule has 1 aromatic heterocycles. The van der Waals surface area contributed by atoms with Gasteiger partial charge in [-0.15, -0.1) is 0 Å². The molecule has 0 radical (unpaired) electrons. The Balaban J connectivity index is 1.69. The van der Waals surface area contributed by atoms with Crippen molar-refractivity contribution in [1.82, 2.24) is 9.97 Å². The first-order chi connectivity index (χ1) is 12.1. The molecule has 1 saturated carbocycles. The van der Waals surface area contributed by atoms with Crippen molar-refractivity contribution in [2.45, 2.75) is 58.4 Å². The number of aromatic nitrogens is 2. The number of aryl methyl sites for hydroxylation is 2. The van der Waals surface area contributed by atoms with Crippen LogP contribution in [0.25, 0.3) is 0 Å². The molecule has 0 saturated heterocycles. The summed E-state index contributed by atoms with van der Waals surface area (Å²) >= 11 is 0. The van der Waals surface area contributed by atoms with Gasteiger partial charge < -0.3 is 10.6 Å². The molecular formula is C20H26N4O. The van der Waals surface area contributed by atoms with Crippen LogP contribution in [0, 0.1) is 13.8 Å². The molecule has 0 unspecified atom stereocenters. The molecule has 1 aliphatic carbocycles. The molecule has 1 aliphatic rings. The summed E-state index contributed by atoms with van der Waals surface area (Å²) in [7, 11) is 0. The van der Waals surface area contributed by atoms with Crippen molar-refractivity contribution < 1.29 is 4.79 Å². The molecule has 1 heterocycles. The smallest absolute Gasteiger partial charge is 0.274 e. The van der Waals surface area contributed by atoms with Gasteiger partial charge >= 0.3 is 0 Å². The van der Waals surface area contributed by atoms with Gasteiger partial charge in [0, 0.05) is 17.8 Å². The van der Waals surface area contributed by atoms with Crippen LogP contribution in [0.2, 0.25) is 0 Å². The van der Waals surface area contributed by atoms with Crippen LogP contribution in [-0.4, -0.2) is 21.9 Å². The largest absolute Gasteiger partial charge is 0.367 e. The molecule has 5 nitrogen and oxygen atoms in total. The van der Waals surface area contributed by atoms with Gasteiger partial charge in [-0.2, -0.15) is 0 Å². The number of hydrogen-bond donors (Lipinski definition) is 2. The topological polar surface area (TPSA) is 66.9 Å². The minimum absolute atomic E-state index is 0.208. The maximum atomic E-state index is 12.5. The van der Waals surface area contributed by atoms with E-state index in [-0.39, 0.29) is 5.91 Å². The van der Waals surface area contributed by atoms with Crippen LogP contribution in [0.15, 0.2) is 30.6 Å². The summed E-state index contributed by atoms with van der Waals surface area (Å²) in [5.41, 5.74) is 3.35. The van der Waals surface area contributed by atoms with Crippen molar-refractivity contribution in [2.75, 3.05) is 10.6 Å². The van der Waals surface area contributed by atoms with Crippen molar-refractivity contribution in [3.8, 4) is 0 Å². The Hall–Kier alpha value is -2.43. The van der Waals surface area contributed by atoms with Crippen LogP contribution in [0.3, 0.4) is 0 Å². The number of hydrogen-bond acceptors (Lipinski definition) is 4. The molecule has 2 N–H and O–H groups in total. The van der Waals surface area contributed by atoms with E-state index in [4.69, 9.17) is 0 Å². The maximum Gasteiger partial charge on any atom is 0.274 e. The van der Waals surface area contributed by atoms with Crippen LogP contribution in [-0.2, 0) is 0 Å². The van der Waals surface area contributed by atoms with Crippen molar-refractivity contribution in [3.05, 3.63) is 47.4 Å². The summed E-state index contributed by atoms with van der Waals surface area (Å²) in [6.45, 7) is 3.99. The minimum atomic E-state index is -0.208. The Bertz CT molecular complexity index is 736. The van der Waals surface area contributed by atoms with Crippen LogP contribution in [0.1, 0.15) is 60.1 Å². The lowest BCUT2D eigenvalue weighted by Crippen LogP contribution is -2.20. The number of nitrogens with one attached hydrogen (secondary N) is 2. The average Bonchev–Trinajstić information content (AvgIpc) is 2.87. The third kappa shape index (κ3) is 4.78. The third-order valence-electron chi connectivity index (χ3n) is 4.75. The van der Waals surface area contributed by atoms with Crippen LogP contribution in [0.4, 0.5) is 11.5 Å². The van der Waals surface area contributed by atoms with Gasteiger partial charge in [0.2, 0.25) is 0 Å². The predicted octanol–water partition coefficient (Wildman–Crippen LogP) is 4.48.